The van der Waals surface area contributed by atoms with E-state index in [9.17, 15) is 4.79 Å². The van der Waals surface area contributed by atoms with Crippen LogP contribution in [0.5, 0.6) is 0 Å². The van der Waals surface area contributed by atoms with Crippen molar-refractivity contribution < 1.29 is 4.79 Å². The number of carbonyl (C=O) groups excluding carboxylic acids is 1. The summed E-state index contributed by atoms with van der Waals surface area (Å²) in [4.78, 5) is 25.7. The Bertz CT molecular complexity index is 905. The number of thiazole rings is 2. The second kappa shape index (κ2) is 7.65. The van der Waals surface area contributed by atoms with Crippen molar-refractivity contribution in [3.05, 3.63) is 51.4 Å². The third-order valence-corrected chi connectivity index (χ3v) is 6.23. The summed E-state index contributed by atoms with van der Waals surface area (Å²) in [6.07, 6.45) is 3.44. The normalized spacial score (nSPS) is 16.0. The third-order valence-electron chi connectivity index (χ3n) is 4.41. The maximum Gasteiger partial charge on any atom is 0.246 e. The average Bonchev–Trinajstić information content (AvgIpc) is 3.25. The first-order chi connectivity index (χ1) is 12.7. The summed E-state index contributed by atoms with van der Waals surface area (Å²) in [6, 6.07) is 8.25. The maximum absolute atomic E-state index is 12.3. The highest BCUT2D eigenvalue weighted by atomic mass is 32.1. The van der Waals surface area contributed by atoms with Gasteiger partial charge in [0.15, 0.2) is 0 Å². The van der Waals surface area contributed by atoms with Crippen LogP contribution in [-0.2, 0) is 11.3 Å². The predicted octanol–water partition coefficient (Wildman–Crippen LogP) is 3.42. The number of carbonyl (C=O) groups is 1. The van der Waals surface area contributed by atoms with Crippen molar-refractivity contribution in [1.82, 2.24) is 19.8 Å². The van der Waals surface area contributed by atoms with Crippen molar-refractivity contribution in [2.75, 3.05) is 26.2 Å². The third kappa shape index (κ3) is 4.00. The van der Waals surface area contributed by atoms with Gasteiger partial charge in [-0.25, -0.2) is 9.97 Å². The van der Waals surface area contributed by atoms with Crippen LogP contribution in [-0.4, -0.2) is 51.9 Å². The number of piperazine rings is 1. The number of aromatic nitrogens is 2. The van der Waals surface area contributed by atoms with Gasteiger partial charge >= 0.3 is 0 Å². The number of benzene rings is 1. The molecule has 0 unspecified atom stereocenters. The number of hydrogen-bond acceptors (Lipinski definition) is 6. The molecule has 0 radical (unpaired) electrons. The minimum Gasteiger partial charge on any atom is -0.337 e. The molecule has 5 nitrogen and oxygen atoms in total. The molecule has 0 bridgehead atoms. The van der Waals surface area contributed by atoms with Gasteiger partial charge in [-0.3, -0.25) is 9.69 Å². The number of fused-ring (bicyclic) bond motifs is 1. The zero-order chi connectivity index (χ0) is 17.9. The highest BCUT2D eigenvalue weighted by Gasteiger charge is 2.20. The molecule has 3 heterocycles. The van der Waals surface area contributed by atoms with Crippen LogP contribution in [0.1, 0.15) is 15.7 Å². The molecule has 1 saturated heterocycles. The molecule has 1 fully saturated rings. The van der Waals surface area contributed by atoms with Crippen molar-refractivity contribution in [2.45, 2.75) is 13.5 Å². The van der Waals surface area contributed by atoms with Gasteiger partial charge < -0.3 is 4.90 Å². The Morgan fingerprint density at radius 3 is 2.73 bits per heavy atom. The van der Waals surface area contributed by atoms with Crippen LogP contribution in [0.25, 0.3) is 16.3 Å². The van der Waals surface area contributed by atoms with Gasteiger partial charge in [-0.05, 0) is 25.1 Å². The van der Waals surface area contributed by atoms with Crippen LogP contribution >= 0.6 is 22.7 Å². The monoisotopic (exact) mass is 384 g/mol. The van der Waals surface area contributed by atoms with Crippen LogP contribution in [0, 0.1) is 6.92 Å². The van der Waals surface area contributed by atoms with Gasteiger partial charge in [-0.15, -0.1) is 22.7 Å². The van der Waals surface area contributed by atoms with E-state index in [1.807, 2.05) is 23.3 Å². The molecule has 1 aliphatic rings. The molecule has 4 rings (SSSR count). The molecule has 3 aromatic rings. The lowest BCUT2D eigenvalue weighted by Crippen LogP contribution is -2.47. The van der Waals surface area contributed by atoms with Gasteiger partial charge in [0.25, 0.3) is 0 Å². The van der Waals surface area contributed by atoms with E-state index in [0.717, 1.165) is 53.9 Å². The fourth-order valence-electron chi connectivity index (χ4n) is 3.02. The van der Waals surface area contributed by atoms with Gasteiger partial charge in [0, 0.05) is 37.6 Å². The second-order valence-electron chi connectivity index (χ2n) is 6.30. The summed E-state index contributed by atoms with van der Waals surface area (Å²) in [5, 5.41) is 4.13. The van der Waals surface area contributed by atoms with Gasteiger partial charge in [0.1, 0.15) is 5.01 Å². The van der Waals surface area contributed by atoms with E-state index in [1.165, 1.54) is 4.70 Å². The largest absolute Gasteiger partial charge is 0.337 e. The zero-order valence-corrected chi connectivity index (χ0v) is 16.2. The Morgan fingerprint density at radius 1 is 1.19 bits per heavy atom. The Morgan fingerprint density at radius 2 is 2.00 bits per heavy atom. The molecule has 0 N–H and O–H groups in total. The van der Waals surface area contributed by atoms with E-state index in [0.29, 0.717) is 0 Å². The summed E-state index contributed by atoms with van der Waals surface area (Å²) in [5.74, 6) is 0.0651. The molecule has 7 heteroatoms. The second-order valence-corrected chi connectivity index (χ2v) is 8.48. The molecule has 1 amide bonds. The fourth-order valence-corrected chi connectivity index (χ4v) is 4.61. The Hall–Kier alpha value is -2.09. The van der Waals surface area contributed by atoms with Crippen molar-refractivity contribution in [3.8, 4) is 0 Å². The van der Waals surface area contributed by atoms with E-state index in [1.54, 1.807) is 34.8 Å². The molecule has 2 aromatic heterocycles. The molecule has 1 aliphatic heterocycles. The maximum atomic E-state index is 12.3. The Balaban J connectivity index is 1.30. The fraction of sp³-hybridized carbons (Fsp3) is 0.316. The van der Waals surface area contributed by atoms with Gasteiger partial charge in [-0.1, -0.05) is 12.1 Å². The molecular formula is C19H20N4OS2. The van der Waals surface area contributed by atoms with Gasteiger partial charge in [0.2, 0.25) is 5.91 Å². The van der Waals surface area contributed by atoms with Crippen molar-refractivity contribution >= 4 is 44.9 Å². The molecule has 26 heavy (non-hydrogen) atoms. The molecular weight excluding hydrogens is 364 g/mol. The van der Waals surface area contributed by atoms with E-state index in [-0.39, 0.29) is 5.91 Å². The summed E-state index contributed by atoms with van der Waals surface area (Å²) >= 11 is 3.35. The summed E-state index contributed by atoms with van der Waals surface area (Å²) in [5.41, 5.74) is 1.93. The first-order valence-corrected chi connectivity index (χ1v) is 10.3. The van der Waals surface area contributed by atoms with E-state index in [4.69, 9.17) is 4.98 Å². The van der Waals surface area contributed by atoms with Crippen LogP contribution < -0.4 is 0 Å². The van der Waals surface area contributed by atoms with Crippen molar-refractivity contribution in [2.24, 2.45) is 0 Å². The molecule has 0 atom stereocenters. The first kappa shape index (κ1) is 17.3. The smallest absolute Gasteiger partial charge is 0.246 e. The lowest BCUT2D eigenvalue weighted by Gasteiger charge is -2.33. The number of aryl methyl sites for hydroxylation is 1. The Labute approximate surface area is 160 Å². The van der Waals surface area contributed by atoms with Crippen molar-refractivity contribution in [3.63, 3.8) is 0 Å². The molecule has 1 aromatic carbocycles. The summed E-state index contributed by atoms with van der Waals surface area (Å²) < 4.78 is 1.23. The molecule has 0 saturated carbocycles. The van der Waals surface area contributed by atoms with Gasteiger partial charge in [-0.2, -0.15) is 0 Å². The Kier molecular flexibility index (Phi) is 5.10. The van der Waals surface area contributed by atoms with E-state index in [2.05, 4.69) is 28.1 Å². The molecule has 0 spiro atoms. The predicted molar refractivity (Wildman–Crippen MR) is 107 cm³/mol. The van der Waals surface area contributed by atoms with E-state index < -0.39 is 0 Å². The minimum absolute atomic E-state index is 0.0651. The van der Waals surface area contributed by atoms with Crippen LogP contribution in [0.4, 0.5) is 0 Å². The lowest BCUT2D eigenvalue weighted by molar-refractivity contribution is -0.127. The average molecular weight is 385 g/mol. The van der Waals surface area contributed by atoms with Crippen LogP contribution in [0.3, 0.4) is 0 Å². The van der Waals surface area contributed by atoms with Crippen LogP contribution in [0.15, 0.2) is 35.7 Å². The zero-order valence-electron chi connectivity index (χ0n) is 14.6. The highest BCUT2D eigenvalue weighted by Crippen LogP contribution is 2.23. The summed E-state index contributed by atoms with van der Waals surface area (Å²) in [6.45, 7) is 6.09. The van der Waals surface area contributed by atoms with Crippen LogP contribution in [0.2, 0.25) is 0 Å². The van der Waals surface area contributed by atoms with Crippen molar-refractivity contribution in [1.29, 1.82) is 0 Å². The highest BCUT2D eigenvalue weighted by molar-refractivity contribution is 7.18. The number of hydrogen-bond donors (Lipinski definition) is 0. The standard InChI is InChI=1S/C19H20N4OS2/c1-14-20-15(13-25-14)6-7-19(24)23-10-8-22(9-11-23)12-18-21-16-4-2-3-5-17(16)26-18/h2-7,13H,8-12H2,1H3/b7-6+. The molecule has 0 aliphatic carbocycles. The van der Waals surface area contributed by atoms with Gasteiger partial charge in [0.05, 0.1) is 27.5 Å². The first-order valence-electron chi connectivity index (χ1n) is 8.63. The number of nitrogens with zero attached hydrogens (tertiary/aromatic N) is 4. The minimum atomic E-state index is 0.0651. The number of rotatable bonds is 4. The lowest BCUT2D eigenvalue weighted by atomic mass is 10.3. The number of para-hydroxylation sites is 1. The number of amides is 1. The van der Waals surface area contributed by atoms with E-state index >= 15 is 0 Å². The molecule has 134 valence electrons. The summed E-state index contributed by atoms with van der Waals surface area (Å²) in [7, 11) is 0. The quantitative estimate of drug-likeness (QED) is 0.647. The SMILES string of the molecule is Cc1nc(/C=C/C(=O)N2CCN(Cc3nc4ccccc4s3)CC2)cs1. The topological polar surface area (TPSA) is 49.3 Å².